The lowest BCUT2D eigenvalue weighted by Gasteiger charge is -2.28. The van der Waals surface area contributed by atoms with E-state index in [0.29, 0.717) is 11.8 Å². The summed E-state index contributed by atoms with van der Waals surface area (Å²) in [6, 6.07) is 0. The first-order valence-electron chi connectivity index (χ1n) is 4.59. The van der Waals surface area contributed by atoms with Crippen LogP contribution in [-0.4, -0.2) is 4.87 Å². The Labute approximate surface area is 82.0 Å². The van der Waals surface area contributed by atoms with Gasteiger partial charge in [-0.05, 0) is 39.5 Å². The topological polar surface area (TPSA) is 0 Å². The highest BCUT2D eigenvalue weighted by Crippen LogP contribution is 2.31. The van der Waals surface area contributed by atoms with Gasteiger partial charge in [-0.15, -0.1) is 11.6 Å². The minimum atomic E-state index is -0.106. The molecule has 0 fully saturated rings. The third-order valence-electron chi connectivity index (χ3n) is 2.47. The summed E-state index contributed by atoms with van der Waals surface area (Å²) >= 11 is 6.23. The molecule has 0 saturated carbocycles. The Morgan fingerprint density at radius 2 is 1.67 bits per heavy atom. The monoisotopic (exact) mass is 188 g/mol. The van der Waals surface area contributed by atoms with Crippen molar-refractivity contribution in [1.29, 1.82) is 0 Å². The largest absolute Gasteiger partial charge is 0.120 e. The van der Waals surface area contributed by atoms with E-state index in [0.717, 1.165) is 0 Å². The van der Waals surface area contributed by atoms with Crippen molar-refractivity contribution in [2.24, 2.45) is 11.8 Å². The van der Waals surface area contributed by atoms with Crippen LogP contribution in [0.25, 0.3) is 0 Å². The molecule has 0 bridgehead atoms. The highest BCUT2D eigenvalue weighted by Gasteiger charge is 2.26. The van der Waals surface area contributed by atoms with Crippen LogP contribution in [0.15, 0.2) is 11.6 Å². The highest BCUT2D eigenvalue weighted by atomic mass is 35.5. The van der Waals surface area contributed by atoms with Crippen molar-refractivity contribution in [1.82, 2.24) is 0 Å². The summed E-state index contributed by atoms with van der Waals surface area (Å²) in [5.74, 6) is 1.07. The van der Waals surface area contributed by atoms with E-state index in [-0.39, 0.29) is 4.87 Å². The van der Waals surface area contributed by atoms with Crippen LogP contribution >= 0.6 is 11.6 Å². The molecule has 0 aromatic heterocycles. The van der Waals surface area contributed by atoms with Gasteiger partial charge in [0.15, 0.2) is 0 Å². The Balaban J connectivity index is 4.30. The number of halogens is 1. The van der Waals surface area contributed by atoms with Gasteiger partial charge in [0.05, 0.1) is 0 Å². The maximum atomic E-state index is 6.23. The molecule has 0 aliphatic carbocycles. The van der Waals surface area contributed by atoms with Gasteiger partial charge in [-0.3, -0.25) is 0 Å². The predicted octanol–water partition coefficient (Wildman–Crippen LogP) is 4.24. The molecule has 0 nitrogen and oxygen atoms in total. The maximum absolute atomic E-state index is 6.23. The van der Waals surface area contributed by atoms with Crippen LogP contribution in [0.3, 0.4) is 0 Å². The second-order valence-corrected chi connectivity index (χ2v) is 5.43. The molecule has 72 valence electrons. The molecule has 0 aliphatic heterocycles. The van der Waals surface area contributed by atoms with Crippen molar-refractivity contribution < 1.29 is 0 Å². The fourth-order valence-corrected chi connectivity index (χ4v) is 1.49. The quantitative estimate of drug-likeness (QED) is 0.459. The standard InChI is InChI=1S/C11H21Cl/c1-8(2)7-9(3)10(4)11(5,6)12/h7,9-10H,1-6H3. The van der Waals surface area contributed by atoms with Gasteiger partial charge in [0.2, 0.25) is 0 Å². The Morgan fingerprint density at radius 3 is 1.92 bits per heavy atom. The van der Waals surface area contributed by atoms with E-state index in [2.05, 4.69) is 47.6 Å². The summed E-state index contributed by atoms with van der Waals surface area (Å²) in [7, 11) is 0. The van der Waals surface area contributed by atoms with Gasteiger partial charge < -0.3 is 0 Å². The van der Waals surface area contributed by atoms with E-state index in [1.165, 1.54) is 5.57 Å². The molecule has 0 aromatic carbocycles. The Hall–Kier alpha value is 0.0300. The van der Waals surface area contributed by atoms with Crippen LogP contribution in [0.4, 0.5) is 0 Å². The van der Waals surface area contributed by atoms with Crippen LogP contribution in [-0.2, 0) is 0 Å². The van der Waals surface area contributed by atoms with Gasteiger partial charge in [0, 0.05) is 4.87 Å². The molecule has 0 rings (SSSR count). The van der Waals surface area contributed by atoms with E-state index < -0.39 is 0 Å². The molecule has 12 heavy (non-hydrogen) atoms. The van der Waals surface area contributed by atoms with E-state index in [9.17, 15) is 0 Å². The summed E-state index contributed by atoms with van der Waals surface area (Å²) in [6.45, 7) is 12.8. The molecule has 0 heterocycles. The lowest BCUT2D eigenvalue weighted by atomic mass is 9.84. The van der Waals surface area contributed by atoms with E-state index >= 15 is 0 Å². The number of alkyl halides is 1. The lowest BCUT2D eigenvalue weighted by Crippen LogP contribution is -2.26. The van der Waals surface area contributed by atoms with Crippen molar-refractivity contribution in [3.63, 3.8) is 0 Å². The first kappa shape index (κ1) is 12.0. The molecule has 0 aliphatic rings. The Kier molecular flexibility index (Phi) is 4.33. The second kappa shape index (κ2) is 4.32. The summed E-state index contributed by atoms with van der Waals surface area (Å²) < 4.78 is 0. The fourth-order valence-electron chi connectivity index (χ4n) is 1.30. The van der Waals surface area contributed by atoms with Crippen molar-refractivity contribution in [2.75, 3.05) is 0 Å². The van der Waals surface area contributed by atoms with Crippen LogP contribution in [0, 0.1) is 11.8 Å². The second-order valence-electron chi connectivity index (χ2n) is 4.46. The fraction of sp³-hybridized carbons (Fsp3) is 0.818. The van der Waals surface area contributed by atoms with Crippen LogP contribution in [0.5, 0.6) is 0 Å². The molecule has 1 heteroatoms. The molecular formula is C11H21Cl. The minimum absolute atomic E-state index is 0.106. The molecule has 2 unspecified atom stereocenters. The van der Waals surface area contributed by atoms with E-state index in [1.807, 2.05) is 0 Å². The highest BCUT2D eigenvalue weighted by molar-refractivity contribution is 6.23. The van der Waals surface area contributed by atoms with Crippen molar-refractivity contribution >= 4 is 11.6 Å². The zero-order valence-corrected chi connectivity index (χ0v) is 9.87. The first-order chi connectivity index (χ1) is 5.25. The van der Waals surface area contributed by atoms with Crippen molar-refractivity contribution in [3.8, 4) is 0 Å². The number of hydrogen-bond donors (Lipinski definition) is 0. The molecule has 2 atom stereocenters. The molecule has 0 saturated heterocycles. The normalized spacial score (nSPS) is 16.9. The zero-order valence-electron chi connectivity index (χ0n) is 9.11. The SMILES string of the molecule is CC(C)=CC(C)C(C)C(C)(C)Cl. The van der Waals surface area contributed by atoms with Gasteiger partial charge in [-0.25, -0.2) is 0 Å². The molecule has 0 aromatic rings. The van der Waals surface area contributed by atoms with Gasteiger partial charge in [0.1, 0.15) is 0 Å². The average Bonchev–Trinajstić information content (AvgIpc) is 1.82. The number of rotatable bonds is 3. The summed E-state index contributed by atoms with van der Waals surface area (Å²) in [4.78, 5) is -0.106. The van der Waals surface area contributed by atoms with Gasteiger partial charge in [0.25, 0.3) is 0 Å². The van der Waals surface area contributed by atoms with Gasteiger partial charge in [-0.2, -0.15) is 0 Å². The molecule has 0 N–H and O–H groups in total. The third kappa shape index (κ3) is 4.15. The first-order valence-corrected chi connectivity index (χ1v) is 4.97. The Bertz CT molecular complexity index is 158. The zero-order chi connectivity index (χ0) is 9.94. The summed E-state index contributed by atoms with van der Waals surface area (Å²) in [5.41, 5.74) is 1.37. The number of hydrogen-bond acceptors (Lipinski definition) is 0. The maximum Gasteiger partial charge on any atom is 0.0421 e. The van der Waals surface area contributed by atoms with E-state index in [1.54, 1.807) is 0 Å². The lowest BCUT2D eigenvalue weighted by molar-refractivity contribution is 0.368. The molecule has 0 spiro atoms. The third-order valence-corrected chi connectivity index (χ3v) is 2.81. The minimum Gasteiger partial charge on any atom is -0.120 e. The van der Waals surface area contributed by atoms with E-state index in [4.69, 9.17) is 11.6 Å². The summed E-state index contributed by atoms with van der Waals surface area (Å²) in [6.07, 6.45) is 2.29. The predicted molar refractivity (Wildman–Crippen MR) is 57.7 cm³/mol. The Morgan fingerprint density at radius 1 is 1.25 bits per heavy atom. The summed E-state index contributed by atoms with van der Waals surface area (Å²) in [5, 5.41) is 0. The van der Waals surface area contributed by atoms with Crippen molar-refractivity contribution in [3.05, 3.63) is 11.6 Å². The van der Waals surface area contributed by atoms with Crippen LogP contribution in [0.1, 0.15) is 41.5 Å². The molecule has 0 amide bonds. The molecule has 0 radical (unpaired) electrons. The average molecular weight is 189 g/mol. The molecular weight excluding hydrogens is 168 g/mol. The van der Waals surface area contributed by atoms with Gasteiger partial charge >= 0.3 is 0 Å². The van der Waals surface area contributed by atoms with Crippen molar-refractivity contribution in [2.45, 2.75) is 46.4 Å². The van der Waals surface area contributed by atoms with Crippen LogP contribution < -0.4 is 0 Å². The van der Waals surface area contributed by atoms with Gasteiger partial charge in [-0.1, -0.05) is 25.5 Å². The van der Waals surface area contributed by atoms with Crippen LogP contribution in [0.2, 0.25) is 0 Å². The smallest absolute Gasteiger partial charge is 0.0421 e. The number of allylic oxidation sites excluding steroid dienone is 2.